The highest BCUT2D eigenvalue weighted by molar-refractivity contribution is 5.80. The van der Waals surface area contributed by atoms with Gasteiger partial charge in [0.1, 0.15) is 5.75 Å². The van der Waals surface area contributed by atoms with E-state index in [-0.39, 0.29) is 0 Å². The molecule has 1 aromatic carbocycles. The topological polar surface area (TPSA) is 38.3 Å². The van der Waals surface area contributed by atoms with Crippen molar-refractivity contribution < 1.29 is 9.53 Å². The second kappa shape index (κ2) is 5.84. The van der Waals surface area contributed by atoms with Gasteiger partial charge in [-0.05, 0) is 25.2 Å². The van der Waals surface area contributed by atoms with Gasteiger partial charge in [-0.25, -0.2) is 0 Å². The number of hydrogen-bond donors (Lipinski definition) is 1. The van der Waals surface area contributed by atoms with Gasteiger partial charge in [0.2, 0.25) is 0 Å². The Kier molecular flexibility index (Phi) is 4.39. The number of methoxy groups -OCH3 is 1. The Morgan fingerprint density at radius 3 is 2.93 bits per heavy atom. The number of carbonyl (C=O) groups is 1. The van der Waals surface area contributed by atoms with Crippen molar-refractivity contribution in [3.8, 4) is 17.6 Å². The molecule has 0 heterocycles. The minimum absolute atomic E-state index is 0.554. The zero-order valence-corrected chi connectivity index (χ0v) is 8.83. The third kappa shape index (κ3) is 3.12. The third-order valence-electron chi connectivity index (χ3n) is 1.87. The molecule has 0 saturated heterocycles. The molecule has 0 aromatic heterocycles. The molecule has 1 rings (SSSR count). The van der Waals surface area contributed by atoms with E-state index in [1.807, 2.05) is 7.05 Å². The van der Waals surface area contributed by atoms with E-state index in [0.717, 1.165) is 11.8 Å². The lowest BCUT2D eigenvalue weighted by Crippen LogP contribution is -2.04. The normalized spacial score (nSPS) is 8.93. The van der Waals surface area contributed by atoms with E-state index in [9.17, 15) is 4.79 Å². The lowest BCUT2D eigenvalue weighted by molar-refractivity contribution is 0.112. The first-order chi connectivity index (χ1) is 7.31. The maximum absolute atomic E-state index is 10.8. The summed E-state index contributed by atoms with van der Waals surface area (Å²) in [6.45, 7) is 0.602. The molecule has 1 N–H and O–H groups in total. The monoisotopic (exact) mass is 203 g/mol. The molecule has 0 aliphatic rings. The van der Waals surface area contributed by atoms with Crippen molar-refractivity contribution in [2.45, 2.75) is 0 Å². The van der Waals surface area contributed by atoms with Gasteiger partial charge in [-0.1, -0.05) is 11.8 Å². The molecule has 15 heavy (non-hydrogen) atoms. The van der Waals surface area contributed by atoms with Gasteiger partial charge in [-0.2, -0.15) is 0 Å². The maximum atomic E-state index is 10.8. The summed E-state index contributed by atoms with van der Waals surface area (Å²) in [6, 6.07) is 5.25. The number of ether oxygens (including phenoxy) is 1. The average Bonchev–Trinajstić information content (AvgIpc) is 2.29. The SMILES string of the molecule is CNCC#Cc1ccc(OC)cc1C=O. The van der Waals surface area contributed by atoms with Crippen molar-refractivity contribution >= 4 is 6.29 Å². The van der Waals surface area contributed by atoms with Crippen LogP contribution in [-0.4, -0.2) is 27.0 Å². The minimum Gasteiger partial charge on any atom is -0.497 e. The first-order valence-corrected chi connectivity index (χ1v) is 4.58. The number of aldehydes is 1. The van der Waals surface area contributed by atoms with Crippen molar-refractivity contribution in [3.63, 3.8) is 0 Å². The highest BCUT2D eigenvalue weighted by Crippen LogP contribution is 2.15. The van der Waals surface area contributed by atoms with Crippen molar-refractivity contribution in [1.29, 1.82) is 0 Å². The van der Waals surface area contributed by atoms with Gasteiger partial charge in [0, 0.05) is 11.1 Å². The summed E-state index contributed by atoms with van der Waals surface area (Å²) in [6.07, 6.45) is 0.784. The molecule has 0 radical (unpaired) electrons. The average molecular weight is 203 g/mol. The molecule has 0 atom stereocenters. The fraction of sp³-hybridized carbons (Fsp3) is 0.250. The Labute approximate surface area is 89.4 Å². The lowest BCUT2D eigenvalue weighted by atomic mass is 10.1. The van der Waals surface area contributed by atoms with Gasteiger partial charge in [0.05, 0.1) is 13.7 Å². The fourth-order valence-electron chi connectivity index (χ4n) is 1.11. The first kappa shape index (κ1) is 11.3. The zero-order chi connectivity index (χ0) is 11.1. The van der Waals surface area contributed by atoms with Crippen LogP contribution in [0, 0.1) is 11.8 Å². The van der Waals surface area contributed by atoms with Crippen LogP contribution in [0.1, 0.15) is 15.9 Å². The highest BCUT2D eigenvalue weighted by atomic mass is 16.5. The van der Waals surface area contributed by atoms with Crippen LogP contribution in [0.15, 0.2) is 18.2 Å². The summed E-state index contributed by atoms with van der Waals surface area (Å²) in [5, 5.41) is 2.91. The molecule has 0 fully saturated rings. The van der Waals surface area contributed by atoms with E-state index in [2.05, 4.69) is 17.2 Å². The van der Waals surface area contributed by atoms with Crippen LogP contribution in [0.5, 0.6) is 5.75 Å². The van der Waals surface area contributed by atoms with Gasteiger partial charge in [-0.3, -0.25) is 4.79 Å². The van der Waals surface area contributed by atoms with Gasteiger partial charge < -0.3 is 10.1 Å². The van der Waals surface area contributed by atoms with Crippen molar-refractivity contribution in [1.82, 2.24) is 5.32 Å². The standard InChI is InChI=1S/C12H13NO2/c1-13-7-3-4-10-5-6-12(15-2)8-11(10)9-14/h5-6,8-9,13H,7H2,1-2H3. The van der Waals surface area contributed by atoms with E-state index in [1.165, 1.54) is 0 Å². The summed E-state index contributed by atoms with van der Waals surface area (Å²) in [7, 11) is 3.39. The summed E-state index contributed by atoms with van der Waals surface area (Å²) < 4.78 is 5.02. The molecule has 0 amide bonds. The molecule has 1 aromatic rings. The quantitative estimate of drug-likeness (QED) is 0.590. The molecule has 3 heteroatoms. The Morgan fingerprint density at radius 2 is 2.33 bits per heavy atom. The highest BCUT2D eigenvalue weighted by Gasteiger charge is 2.00. The van der Waals surface area contributed by atoms with Gasteiger partial charge in [-0.15, -0.1) is 0 Å². The molecule has 0 bridgehead atoms. The summed E-state index contributed by atoms with van der Waals surface area (Å²) in [5.41, 5.74) is 1.28. The number of hydrogen-bond acceptors (Lipinski definition) is 3. The van der Waals surface area contributed by atoms with Gasteiger partial charge in [0.15, 0.2) is 6.29 Å². The maximum Gasteiger partial charge on any atom is 0.151 e. The van der Waals surface area contributed by atoms with Crippen molar-refractivity contribution in [3.05, 3.63) is 29.3 Å². The first-order valence-electron chi connectivity index (χ1n) is 4.58. The lowest BCUT2D eigenvalue weighted by Gasteiger charge is -2.01. The van der Waals surface area contributed by atoms with E-state index in [4.69, 9.17) is 4.74 Å². The molecular weight excluding hydrogens is 190 g/mol. The van der Waals surface area contributed by atoms with Crippen LogP contribution in [0.3, 0.4) is 0 Å². The molecule has 0 aliphatic heterocycles. The second-order valence-corrected chi connectivity index (χ2v) is 2.90. The molecule has 0 aliphatic carbocycles. The van der Waals surface area contributed by atoms with Crippen LogP contribution >= 0.6 is 0 Å². The predicted molar refractivity (Wildman–Crippen MR) is 59.2 cm³/mol. The van der Waals surface area contributed by atoms with Crippen LogP contribution in [0.4, 0.5) is 0 Å². The van der Waals surface area contributed by atoms with Crippen LogP contribution in [0.2, 0.25) is 0 Å². The Bertz CT molecular complexity index is 402. The largest absolute Gasteiger partial charge is 0.497 e. The predicted octanol–water partition coefficient (Wildman–Crippen LogP) is 1.08. The van der Waals surface area contributed by atoms with Gasteiger partial charge >= 0.3 is 0 Å². The number of rotatable bonds is 3. The smallest absolute Gasteiger partial charge is 0.151 e. The Hall–Kier alpha value is -1.79. The van der Waals surface area contributed by atoms with Crippen LogP contribution in [-0.2, 0) is 0 Å². The number of carbonyl (C=O) groups excluding carboxylic acids is 1. The fourth-order valence-corrected chi connectivity index (χ4v) is 1.11. The van der Waals surface area contributed by atoms with Gasteiger partial charge in [0.25, 0.3) is 0 Å². The number of benzene rings is 1. The van der Waals surface area contributed by atoms with Crippen molar-refractivity contribution in [2.24, 2.45) is 0 Å². The summed E-state index contributed by atoms with van der Waals surface area (Å²) in [5.74, 6) is 6.48. The zero-order valence-electron chi connectivity index (χ0n) is 8.83. The summed E-state index contributed by atoms with van der Waals surface area (Å²) >= 11 is 0. The minimum atomic E-state index is 0.554. The molecular formula is C12H13NO2. The van der Waals surface area contributed by atoms with E-state index in [1.54, 1.807) is 25.3 Å². The molecule has 3 nitrogen and oxygen atoms in total. The second-order valence-electron chi connectivity index (χ2n) is 2.90. The van der Waals surface area contributed by atoms with Crippen molar-refractivity contribution in [2.75, 3.05) is 20.7 Å². The third-order valence-corrected chi connectivity index (χ3v) is 1.87. The Morgan fingerprint density at radius 1 is 1.53 bits per heavy atom. The molecule has 78 valence electrons. The Balaban J connectivity index is 2.99. The molecule has 0 saturated carbocycles. The van der Waals surface area contributed by atoms with E-state index >= 15 is 0 Å². The number of nitrogens with one attached hydrogen (secondary N) is 1. The summed E-state index contributed by atoms with van der Waals surface area (Å²) in [4.78, 5) is 10.8. The van der Waals surface area contributed by atoms with Crippen LogP contribution < -0.4 is 10.1 Å². The molecule has 0 unspecified atom stereocenters. The van der Waals surface area contributed by atoms with E-state index < -0.39 is 0 Å². The molecule has 0 spiro atoms. The van der Waals surface area contributed by atoms with Crippen LogP contribution in [0.25, 0.3) is 0 Å². The van der Waals surface area contributed by atoms with E-state index in [0.29, 0.717) is 17.9 Å².